The molecule has 4 saturated carbocycles. The number of hydrogen-bond donors (Lipinski definition) is 4. The molecule has 206 valence electrons. The minimum atomic E-state index is -1.14. The Kier molecular flexibility index (Phi) is 7.05. The number of amidine groups is 1. The first-order chi connectivity index (χ1) is 18.0. The van der Waals surface area contributed by atoms with Crippen LogP contribution in [0.15, 0.2) is 35.6 Å². The van der Waals surface area contributed by atoms with Crippen LogP contribution in [0.1, 0.15) is 71.3 Å². The van der Waals surface area contributed by atoms with Crippen LogP contribution in [0.25, 0.3) is 10.9 Å². The van der Waals surface area contributed by atoms with Crippen molar-refractivity contribution in [3.63, 3.8) is 0 Å². The quantitative estimate of drug-likeness (QED) is 0.165. The van der Waals surface area contributed by atoms with Crippen molar-refractivity contribution in [2.45, 2.75) is 90.4 Å². The van der Waals surface area contributed by atoms with E-state index in [1.54, 1.807) is 20.8 Å². The van der Waals surface area contributed by atoms with E-state index in [4.69, 9.17) is 4.74 Å². The summed E-state index contributed by atoms with van der Waals surface area (Å²) in [4.78, 5) is 24.2. The third-order valence-corrected chi connectivity index (χ3v) is 8.57. The van der Waals surface area contributed by atoms with Gasteiger partial charge in [-0.1, -0.05) is 23.4 Å². The average molecular weight is 525 g/mol. The molecule has 4 bridgehead atoms. The first-order valence-electron chi connectivity index (χ1n) is 13.8. The number of hydrogen-bond acceptors (Lipinski definition) is 5. The van der Waals surface area contributed by atoms with Crippen molar-refractivity contribution in [1.29, 1.82) is 0 Å². The number of alkyl carbamates (subject to hydrolysis) is 1. The third kappa shape index (κ3) is 5.76. The van der Waals surface area contributed by atoms with E-state index in [1.165, 1.54) is 38.5 Å². The molecule has 4 aliphatic rings. The number of fused-ring (bicyclic) bond motifs is 1. The number of carbonyl (C=O) groups excluding carboxylic acids is 1. The predicted molar refractivity (Wildman–Crippen MR) is 144 cm³/mol. The van der Waals surface area contributed by atoms with E-state index in [9.17, 15) is 19.9 Å². The van der Waals surface area contributed by atoms with Crippen LogP contribution in [0.2, 0.25) is 0 Å². The summed E-state index contributed by atoms with van der Waals surface area (Å²) in [6.07, 6.45) is 9.83. The summed E-state index contributed by atoms with van der Waals surface area (Å²) in [5.41, 5.74) is 1.25. The van der Waals surface area contributed by atoms with Gasteiger partial charge in [-0.2, -0.15) is 0 Å². The highest BCUT2D eigenvalue weighted by atomic mass is 16.6. The Morgan fingerprint density at radius 3 is 2.34 bits per heavy atom. The fourth-order valence-electron chi connectivity index (χ4n) is 7.66. The Bertz CT molecular complexity index is 1190. The lowest BCUT2D eigenvalue weighted by molar-refractivity contribution is -0.139. The molecule has 4 fully saturated rings. The molecule has 9 nitrogen and oxygen atoms in total. The molecule has 0 spiro atoms. The molecule has 38 heavy (non-hydrogen) atoms. The second-order valence-electron chi connectivity index (χ2n) is 12.9. The van der Waals surface area contributed by atoms with E-state index in [0.29, 0.717) is 12.5 Å². The monoisotopic (exact) mass is 524 g/mol. The average Bonchev–Trinajstić information content (AvgIpc) is 3.16. The van der Waals surface area contributed by atoms with Gasteiger partial charge in [0.1, 0.15) is 17.5 Å². The first kappa shape index (κ1) is 26.4. The SMILES string of the molecule is CC(C)(C)OC(=O)N[C@@H](Cc1cn(CN/C(CC23CC4CC(CC(C4)C2)C3)=N\O)c2ccccc12)C(=O)O. The van der Waals surface area contributed by atoms with Gasteiger partial charge in [0.15, 0.2) is 0 Å². The van der Waals surface area contributed by atoms with E-state index in [2.05, 4.69) is 15.8 Å². The van der Waals surface area contributed by atoms with Crippen LogP contribution in [0.4, 0.5) is 4.79 Å². The fourth-order valence-corrected chi connectivity index (χ4v) is 7.66. The van der Waals surface area contributed by atoms with Gasteiger partial charge in [0.25, 0.3) is 0 Å². The van der Waals surface area contributed by atoms with Gasteiger partial charge in [0, 0.05) is 29.9 Å². The zero-order valence-electron chi connectivity index (χ0n) is 22.6. The van der Waals surface area contributed by atoms with E-state index in [-0.39, 0.29) is 11.8 Å². The number of nitrogens with zero attached hydrogens (tertiary/aromatic N) is 2. The topological polar surface area (TPSA) is 125 Å². The number of para-hydroxylation sites is 1. The maximum absolute atomic E-state index is 12.3. The van der Waals surface area contributed by atoms with Gasteiger partial charge < -0.3 is 30.3 Å². The van der Waals surface area contributed by atoms with E-state index < -0.39 is 23.7 Å². The number of carboxylic acids is 1. The molecule has 0 saturated heterocycles. The Morgan fingerprint density at radius 1 is 1.13 bits per heavy atom. The first-order valence-corrected chi connectivity index (χ1v) is 13.8. The van der Waals surface area contributed by atoms with Crippen LogP contribution in [-0.4, -0.2) is 44.4 Å². The lowest BCUT2D eigenvalue weighted by Gasteiger charge is -2.57. The number of carbonyl (C=O) groups is 2. The number of amides is 1. The molecule has 9 heteroatoms. The highest BCUT2D eigenvalue weighted by Crippen LogP contribution is 2.61. The van der Waals surface area contributed by atoms with Gasteiger partial charge in [-0.15, -0.1) is 0 Å². The second kappa shape index (κ2) is 10.2. The summed E-state index contributed by atoms with van der Waals surface area (Å²) in [6, 6.07) is 6.64. The summed E-state index contributed by atoms with van der Waals surface area (Å²) in [7, 11) is 0. The van der Waals surface area contributed by atoms with Crippen LogP contribution < -0.4 is 10.6 Å². The Balaban J connectivity index is 1.28. The molecule has 6 rings (SSSR count). The maximum Gasteiger partial charge on any atom is 0.408 e. The fraction of sp³-hybridized carbons (Fsp3) is 0.621. The standard InChI is InChI=1S/C29H40N4O5/c1-28(2,3)38-27(36)31-23(26(34)35)11-21-16-33(24-7-5-4-6-22(21)24)17-30-25(32-37)15-29-12-18-8-19(13-29)10-20(9-18)14-29/h4-7,16,18-20,23,37H,8-15,17H2,1-3H3,(H,30,32)(H,31,36)(H,34,35)/t18?,19?,20?,23-,29?/m0/s1. The van der Waals surface area contributed by atoms with Crippen LogP contribution in [0.5, 0.6) is 0 Å². The largest absolute Gasteiger partial charge is 0.480 e. The van der Waals surface area contributed by atoms with Crippen molar-refractivity contribution in [1.82, 2.24) is 15.2 Å². The zero-order valence-corrected chi connectivity index (χ0v) is 22.6. The van der Waals surface area contributed by atoms with Crippen molar-refractivity contribution in [3.8, 4) is 0 Å². The normalized spacial score (nSPS) is 27.3. The molecule has 0 radical (unpaired) electrons. The summed E-state index contributed by atoms with van der Waals surface area (Å²) in [6.45, 7) is 5.59. The number of rotatable bonds is 8. The Morgan fingerprint density at radius 2 is 1.76 bits per heavy atom. The molecular formula is C29H40N4O5. The van der Waals surface area contributed by atoms with Gasteiger partial charge >= 0.3 is 12.1 Å². The molecule has 1 aromatic heterocycles. The van der Waals surface area contributed by atoms with E-state index in [1.807, 2.05) is 35.0 Å². The summed E-state index contributed by atoms with van der Waals surface area (Å²) in [5.74, 6) is 1.97. The molecule has 0 unspecified atom stereocenters. The molecule has 0 aliphatic heterocycles. The molecule has 1 aromatic carbocycles. The molecule has 1 amide bonds. The van der Waals surface area contributed by atoms with Crippen LogP contribution in [0, 0.1) is 23.2 Å². The van der Waals surface area contributed by atoms with Gasteiger partial charge in [-0.25, -0.2) is 9.59 Å². The Labute approximate surface area is 223 Å². The molecular weight excluding hydrogens is 484 g/mol. The van der Waals surface area contributed by atoms with Crippen molar-refractivity contribution in [2.24, 2.45) is 28.3 Å². The van der Waals surface area contributed by atoms with Gasteiger partial charge in [-0.05, 0) is 94.1 Å². The Hall–Kier alpha value is -3.23. The van der Waals surface area contributed by atoms with Crippen LogP contribution in [-0.2, 0) is 22.6 Å². The highest BCUT2D eigenvalue weighted by Gasteiger charge is 2.51. The van der Waals surface area contributed by atoms with E-state index in [0.717, 1.165) is 40.6 Å². The minimum Gasteiger partial charge on any atom is -0.480 e. The number of carboxylic acid groups (broad SMARTS) is 1. The lowest BCUT2D eigenvalue weighted by Crippen LogP contribution is -2.48. The molecule has 1 heterocycles. The van der Waals surface area contributed by atoms with Crippen LogP contribution >= 0.6 is 0 Å². The number of aliphatic carboxylic acids is 1. The molecule has 1 atom stereocenters. The van der Waals surface area contributed by atoms with Crippen molar-refractivity contribution < 1.29 is 24.6 Å². The number of ether oxygens (including phenoxy) is 1. The number of nitrogens with one attached hydrogen (secondary N) is 2. The third-order valence-electron chi connectivity index (χ3n) is 8.57. The van der Waals surface area contributed by atoms with Crippen LogP contribution in [0.3, 0.4) is 0 Å². The van der Waals surface area contributed by atoms with Gasteiger partial charge in [0.05, 0.1) is 6.67 Å². The number of oxime groups is 1. The highest BCUT2D eigenvalue weighted by molar-refractivity contribution is 5.87. The summed E-state index contributed by atoms with van der Waals surface area (Å²) >= 11 is 0. The second-order valence-corrected chi connectivity index (χ2v) is 12.9. The smallest absolute Gasteiger partial charge is 0.408 e. The predicted octanol–water partition coefficient (Wildman–Crippen LogP) is 5.10. The van der Waals surface area contributed by atoms with Crippen molar-refractivity contribution >= 4 is 28.8 Å². The number of benzene rings is 1. The minimum absolute atomic E-state index is 0.107. The van der Waals surface area contributed by atoms with Gasteiger partial charge in [0.2, 0.25) is 0 Å². The molecule has 4 N–H and O–H groups in total. The molecule has 4 aliphatic carbocycles. The summed E-state index contributed by atoms with van der Waals surface area (Å²) in [5, 5.41) is 30.1. The van der Waals surface area contributed by atoms with Gasteiger partial charge in [-0.3, -0.25) is 0 Å². The van der Waals surface area contributed by atoms with Crippen molar-refractivity contribution in [2.75, 3.05) is 0 Å². The zero-order chi connectivity index (χ0) is 27.1. The number of aromatic nitrogens is 1. The summed E-state index contributed by atoms with van der Waals surface area (Å²) < 4.78 is 7.26. The lowest BCUT2D eigenvalue weighted by atomic mass is 9.49. The maximum atomic E-state index is 12.3. The molecule has 2 aromatic rings. The van der Waals surface area contributed by atoms with Crippen molar-refractivity contribution in [3.05, 3.63) is 36.0 Å². The van der Waals surface area contributed by atoms with E-state index >= 15 is 0 Å².